The van der Waals surface area contributed by atoms with Crippen LogP contribution < -0.4 is 0 Å². The number of thioether (sulfide) groups is 3. The number of hydrogen-bond acceptors (Lipinski definition) is 3. The molecule has 1 rings (SSSR count). The van der Waals surface area contributed by atoms with Crippen LogP contribution in [0.3, 0.4) is 0 Å². The maximum absolute atomic E-state index is 2.43. The monoisotopic (exact) mass is 721 g/mol. The predicted octanol–water partition coefficient (Wildman–Crippen LogP) is 17.9. The zero-order chi connectivity index (χ0) is 34.4. The van der Waals surface area contributed by atoms with E-state index in [0.717, 1.165) is 0 Å². The normalized spacial score (nSPS) is 11.6. The molecule has 1 aromatic carbocycles. The van der Waals surface area contributed by atoms with Crippen molar-refractivity contribution in [3.63, 3.8) is 0 Å². The topological polar surface area (TPSA) is 0 Å². The molecule has 0 amide bonds. The minimum Gasteiger partial charge on any atom is -0.125 e. The minimum absolute atomic E-state index is 1.29. The highest BCUT2D eigenvalue weighted by molar-refractivity contribution is 8.03. The summed E-state index contributed by atoms with van der Waals surface area (Å²) in [6.45, 7) is 6.94. The van der Waals surface area contributed by atoms with Gasteiger partial charge in [0.05, 0.1) is 0 Å². The third-order valence-electron chi connectivity index (χ3n) is 9.95. The fourth-order valence-corrected chi connectivity index (χ4v) is 10.4. The lowest BCUT2D eigenvalue weighted by atomic mass is 10.1. The summed E-state index contributed by atoms with van der Waals surface area (Å²) in [6, 6.07) is 7.20. The summed E-state index contributed by atoms with van der Waals surface area (Å²) in [5, 5.41) is 0. The van der Waals surface area contributed by atoms with Crippen molar-refractivity contribution in [3.05, 3.63) is 18.2 Å². The molecule has 0 saturated carbocycles. The van der Waals surface area contributed by atoms with Gasteiger partial charge in [0.1, 0.15) is 0 Å². The fourth-order valence-electron chi connectivity index (χ4n) is 6.70. The molecule has 0 aliphatic carbocycles. The molecular formula is C45H84S3. The maximum atomic E-state index is 2.43. The molecule has 0 nitrogen and oxygen atoms in total. The first kappa shape index (κ1) is 46.3. The first-order chi connectivity index (χ1) is 23.8. The molecule has 0 fully saturated rings. The first-order valence-corrected chi connectivity index (χ1v) is 24.8. The van der Waals surface area contributed by atoms with Gasteiger partial charge in [-0.25, -0.2) is 0 Å². The highest BCUT2D eigenvalue weighted by atomic mass is 32.2. The lowest BCUT2D eigenvalue weighted by molar-refractivity contribution is 0.555. The standard InChI is InChI=1S/C45H84S3/c1-4-7-10-13-16-19-22-25-28-31-34-40-46-43-38-37-39-44(47-41-35-32-29-26-23-20-17-14-11-8-5-2)45(43)48-42-36-33-30-27-24-21-18-15-12-9-6-3/h37-39H,4-36,40-42H2,1-3H3. The van der Waals surface area contributed by atoms with Crippen molar-refractivity contribution in [2.45, 2.75) is 247 Å². The lowest BCUT2D eigenvalue weighted by Gasteiger charge is -2.14. The quantitative estimate of drug-likeness (QED) is 0.0491. The number of unbranched alkanes of at least 4 members (excludes halogenated alkanes) is 30. The van der Waals surface area contributed by atoms with Crippen LogP contribution in [0.2, 0.25) is 0 Å². The molecule has 0 unspecified atom stereocenters. The summed E-state index contributed by atoms with van der Waals surface area (Å²) in [6.07, 6.45) is 47.3. The van der Waals surface area contributed by atoms with E-state index in [1.807, 2.05) is 0 Å². The van der Waals surface area contributed by atoms with Crippen LogP contribution in [0.25, 0.3) is 0 Å². The molecule has 3 heteroatoms. The predicted molar refractivity (Wildman–Crippen MR) is 228 cm³/mol. The summed E-state index contributed by atoms with van der Waals surface area (Å²) in [5.41, 5.74) is 0. The summed E-state index contributed by atoms with van der Waals surface area (Å²) >= 11 is 6.48. The van der Waals surface area contributed by atoms with Crippen LogP contribution in [-0.2, 0) is 0 Å². The molecule has 0 aliphatic heterocycles. The van der Waals surface area contributed by atoms with Gasteiger partial charge in [0, 0.05) is 14.7 Å². The molecule has 0 aromatic heterocycles. The molecule has 282 valence electrons. The van der Waals surface area contributed by atoms with Crippen molar-refractivity contribution in [2.24, 2.45) is 0 Å². The zero-order valence-electron chi connectivity index (χ0n) is 32.9. The highest BCUT2D eigenvalue weighted by Crippen LogP contribution is 2.40. The maximum Gasteiger partial charge on any atom is 0.0344 e. The molecule has 0 radical (unpaired) electrons. The van der Waals surface area contributed by atoms with Crippen molar-refractivity contribution in [2.75, 3.05) is 17.3 Å². The molecule has 0 N–H and O–H groups in total. The number of benzene rings is 1. The van der Waals surface area contributed by atoms with E-state index in [0.29, 0.717) is 0 Å². The van der Waals surface area contributed by atoms with Gasteiger partial charge in [0.25, 0.3) is 0 Å². The van der Waals surface area contributed by atoms with E-state index in [-0.39, 0.29) is 0 Å². The minimum atomic E-state index is 1.29. The van der Waals surface area contributed by atoms with E-state index >= 15 is 0 Å². The summed E-state index contributed by atoms with van der Waals surface area (Å²) < 4.78 is 0. The average Bonchev–Trinajstić information content (AvgIpc) is 3.10. The second-order valence-corrected chi connectivity index (χ2v) is 18.1. The highest BCUT2D eigenvalue weighted by Gasteiger charge is 2.11. The van der Waals surface area contributed by atoms with E-state index in [1.165, 1.54) is 229 Å². The lowest BCUT2D eigenvalue weighted by Crippen LogP contribution is -1.91. The van der Waals surface area contributed by atoms with Crippen LogP contribution in [0, 0.1) is 0 Å². The van der Waals surface area contributed by atoms with Crippen molar-refractivity contribution < 1.29 is 0 Å². The van der Waals surface area contributed by atoms with Gasteiger partial charge < -0.3 is 0 Å². The van der Waals surface area contributed by atoms with E-state index in [9.17, 15) is 0 Å². The Labute approximate surface area is 316 Å². The molecule has 0 saturated heterocycles. The van der Waals surface area contributed by atoms with Crippen molar-refractivity contribution in [1.29, 1.82) is 0 Å². The largest absolute Gasteiger partial charge is 0.125 e. The Bertz CT molecular complexity index is 716. The molecule has 48 heavy (non-hydrogen) atoms. The number of rotatable bonds is 39. The van der Waals surface area contributed by atoms with Gasteiger partial charge in [-0.3, -0.25) is 0 Å². The molecular weight excluding hydrogens is 637 g/mol. The second kappa shape index (κ2) is 38.5. The van der Waals surface area contributed by atoms with Crippen molar-refractivity contribution >= 4 is 35.3 Å². The Morgan fingerprint density at radius 2 is 0.521 bits per heavy atom. The van der Waals surface area contributed by atoms with Gasteiger partial charge in [-0.05, 0) is 48.7 Å². The molecule has 0 spiro atoms. The molecule has 1 aromatic rings. The first-order valence-electron chi connectivity index (χ1n) is 21.8. The van der Waals surface area contributed by atoms with Gasteiger partial charge >= 0.3 is 0 Å². The summed E-state index contributed by atoms with van der Waals surface area (Å²) in [4.78, 5) is 4.75. The van der Waals surface area contributed by atoms with Crippen LogP contribution in [0.1, 0.15) is 233 Å². The summed E-state index contributed by atoms with van der Waals surface area (Å²) in [5.74, 6) is 3.87. The van der Waals surface area contributed by atoms with E-state index in [2.05, 4.69) is 74.3 Å². The Balaban J connectivity index is 2.37. The molecule has 0 heterocycles. The average molecular weight is 721 g/mol. The van der Waals surface area contributed by atoms with Crippen LogP contribution >= 0.6 is 35.3 Å². The van der Waals surface area contributed by atoms with Crippen LogP contribution in [0.5, 0.6) is 0 Å². The fraction of sp³-hybridized carbons (Fsp3) is 0.867. The van der Waals surface area contributed by atoms with E-state index < -0.39 is 0 Å². The van der Waals surface area contributed by atoms with E-state index in [1.54, 1.807) is 14.7 Å². The van der Waals surface area contributed by atoms with Gasteiger partial charge in [0.15, 0.2) is 0 Å². The van der Waals surface area contributed by atoms with Gasteiger partial charge in [0.2, 0.25) is 0 Å². The van der Waals surface area contributed by atoms with E-state index in [4.69, 9.17) is 0 Å². The van der Waals surface area contributed by atoms with Gasteiger partial charge in [-0.1, -0.05) is 219 Å². The SMILES string of the molecule is CCCCCCCCCCCCCSc1cccc(SCCCCCCCCCCCCC)c1SCCCCCCCCCCCCC. The second-order valence-electron chi connectivity index (χ2n) is 14.7. The van der Waals surface area contributed by atoms with Gasteiger partial charge in [-0.2, -0.15) is 0 Å². The Morgan fingerprint density at radius 1 is 0.292 bits per heavy atom. The molecule has 0 aliphatic rings. The number of hydrogen-bond donors (Lipinski definition) is 0. The van der Waals surface area contributed by atoms with Crippen LogP contribution in [0.4, 0.5) is 0 Å². The van der Waals surface area contributed by atoms with Gasteiger partial charge in [-0.15, -0.1) is 35.3 Å². The van der Waals surface area contributed by atoms with Crippen molar-refractivity contribution in [1.82, 2.24) is 0 Å². The Morgan fingerprint density at radius 3 is 0.792 bits per heavy atom. The third-order valence-corrected chi connectivity index (χ3v) is 13.7. The Kier molecular flexibility index (Phi) is 37.1. The molecule has 0 atom stereocenters. The van der Waals surface area contributed by atoms with Crippen LogP contribution in [0.15, 0.2) is 32.9 Å². The third kappa shape index (κ3) is 29.9. The summed E-state index contributed by atoms with van der Waals surface area (Å²) in [7, 11) is 0. The smallest absolute Gasteiger partial charge is 0.0344 e. The molecule has 0 bridgehead atoms. The zero-order valence-corrected chi connectivity index (χ0v) is 35.4. The Hall–Kier alpha value is 0.270. The van der Waals surface area contributed by atoms with Crippen molar-refractivity contribution in [3.8, 4) is 0 Å². The van der Waals surface area contributed by atoms with Crippen LogP contribution in [-0.4, -0.2) is 17.3 Å².